The smallest absolute Gasteiger partial charge is 0.164 e. The number of hydrogen-bond donors (Lipinski definition) is 1. The molecule has 164 valence electrons. The monoisotopic (exact) mass is 430 g/mol. The third-order valence-electron chi connectivity index (χ3n) is 6.97. The van der Waals surface area contributed by atoms with Crippen molar-refractivity contribution in [2.75, 3.05) is 0 Å². The molecule has 2 atom stereocenters. The van der Waals surface area contributed by atoms with Crippen LogP contribution in [0.25, 0.3) is 11.1 Å². The van der Waals surface area contributed by atoms with E-state index in [0.29, 0.717) is 18.4 Å². The lowest BCUT2D eigenvalue weighted by Gasteiger charge is -2.47. The average molecular weight is 431 g/mol. The molecule has 1 aromatic carbocycles. The first-order chi connectivity index (χ1) is 15.2. The maximum Gasteiger partial charge on any atom is 0.164 e. The van der Waals surface area contributed by atoms with Gasteiger partial charge in [0.25, 0.3) is 0 Å². The highest BCUT2D eigenvalue weighted by atomic mass is 19.1. The summed E-state index contributed by atoms with van der Waals surface area (Å²) in [4.78, 5) is 17.6. The Hall–Kier alpha value is -3.15. The fourth-order valence-electron chi connectivity index (χ4n) is 5.61. The second kappa shape index (κ2) is 7.19. The molecule has 2 aromatic rings. The van der Waals surface area contributed by atoms with Gasteiger partial charge in [0, 0.05) is 34.5 Å². The fourth-order valence-corrected chi connectivity index (χ4v) is 5.61. The number of aryl methyl sites for hydroxylation is 1. The fraction of sp³-hybridized carbons (Fsp3) is 0.385. The molecule has 2 unspecified atom stereocenters. The highest BCUT2D eigenvalue weighted by molar-refractivity contribution is 6.01. The maximum atomic E-state index is 14.7. The van der Waals surface area contributed by atoms with E-state index in [1.807, 2.05) is 31.2 Å². The van der Waals surface area contributed by atoms with Crippen molar-refractivity contribution in [2.24, 2.45) is 15.6 Å². The van der Waals surface area contributed by atoms with Crippen LogP contribution in [0.15, 0.2) is 69.8 Å². The zero-order valence-corrected chi connectivity index (χ0v) is 18.9. The van der Waals surface area contributed by atoms with Crippen LogP contribution < -0.4 is 5.32 Å². The number of Topliss-reactive ketones (excluding diaryl/α,β-unsaturated/α-hetero) is 1. The van der Waals surface area contributed by atoms with Gasteiger partial charge in [0.15, 0.2) is 11.9 Å². The van der Waals surface area contributed by atoms with Gasteiger partial charge in [-0.2, -0.15) is 10.2 Å². The topological polar surface area (TPSA) is 66.7 Å². The minimum atomic E-state index is -0.642. The number of pyridine rings is 1. The molecule has 2 aliphatic heterocycles. The van der Waals surface area contributed by atoms with Gasteiger partial charge in [-0.25, -0.2) is 4.39 Å². The SMILES string of the molecule is CCC1(c2cccc(-c3cc(C)ncc3F)c2)C2=CN=NC2NC2=C1C(=O)CC(C)(C)C2. The molecule has 0 radical (unpaired) electrons. The molecule has 1 aromatic heterocycles. The summed E-state index contributed by atoms with van der Waals surface area (Å²) < 4.78 is 14.7. The second-order valence-corrected chi connectivity index (χ2v) is 9.80. The summed E-state index contributed by atoms with van der Waals surface area (Å²) in [5, 5.41) is 12.1. The van der Waals surface area contributed by atoms with Crippen molar-refractivity contribution in [1.82, 2.24) is 10.3 Å². The Morgan fingerprint density at radius 3 is 2.81 bits per heavy atom. The Balaban J connectivity index is 1.74. The average Bonchev–Trinajstić information content (AvgIpc) is 3.22. The van der Waals surface area contributed by atoms with E-state index in [1.165, 1.54) is 6.20 Å². The van der Waals surface area contributed by atoms with Gasteiger partial charge in [-0.1, -0.05) is 39.0 Å². The van der Waals surface area contributed by atoms with Crippen LogP contribution in [0.3, 0.4) is 0 Å². The maximum absolute atomic E-state index is 14.7. The number of ketones is 1. The third kappa shape index (κ3) is 3.04. The Morgan fingerprint density at radius 1 is 1.22 bits per heavy atom. The minimum Gasteiger partial charge on any atom is -0.362 e. The first kappa shape index (κ1) is 20.7. The molecule has 0 saturated heterocycles. The molecule has 32 heavy (non-hydrogen) atoms. The number of carbonyl (C=O) groups excluding carboxylic acids is 1. The molecular formula is C26H27FN4O. The van der Waals surface area contributed by atoms with Crippen LogP contribution >= 0.6 is 0 Å². The minimum absolute atomic E-state index is 0.112. The first-order valence-corrected chi connectivity index (χ1v) is 11.1. The predicted molar refractivity (Wildman–Crippen MR) is 121 cm³/mol. The second-order valence-electron chi connectivity index (χ2n) is 9.80. The number of carbonyl (C=O) groups is 1. The van der Waals surface area contributed by atoms with Gasteiger partial charge in [-0.05, 0) is 48.4 Å². The van der Waals surface area contributed by atoms with E-state index < -0.39 is 5.41 Å². The van der Waals surface area contributed by atoms with Crippen molar-refractivity contribution in [3.8, 4) is 11.1 Å². The van der Waals surface area contributed by atoms with E-state index in [0.717, 1.165) is 40.1 Å². The third-order valence-corrected chi connectivity index (χ3v) is 6.97. The summed E-state index contributed by atoms with van der Waals surface area (Å²) in [7, 11) is 0. The van der Waals surface area contributed by atoms with Gasteiger partial charge < -0.3 is 5.32 Å². The molecule has 5 rings (SSSR count). The van der Waals surface area contributed by atoms with E-state index in [9.17, 15) is 9.18 Å². The zero-order chi connectivity index (χ0) is 22.7. The number of aromatic nitrogens is 1. The lowest BCUT2D eigenvalue weighted by Crippen LogP contribution is -2.51. The van der Waals surface area contributed by atoms with Crippen molar-refractivity contribution in [3.05, 3.63) is 76.6 Å². The molecule has 0 fully saturated rings. The number of benzene rings is 1. The van der Waals surface area contributed by atoms with E-state index in [4.69, 9.17) is 0 Å². The largest absolute Gasteiger partial charge is 0.362 e. The number of nitrogens with zero attached hydrogens (tertiary/aromatic N) is 3. The van der Waals surface area contributed by atoms with E-state index >= 15 is 0 Å². The van der Waals surface area contributed by atoms with Crippen LogP contribution in [0, 0.1) is 18.2 Å². The van der Waals surface area contributed by atoms with Crippen molar-refractivity contribution >= 4 is 5.78 Å². The Bertz CT molecular complexity index is 1230. The van der Waals surface area contributed by atoms with E-state index in [2.05, 4.69) is 41.3 Å². The molecule has 0 saturated carbocycles. The van der Waals surface area contributed by atoms with Gasteiger partial charge in [0.2, 0.25) is 0 Å². The van der Waals surface area contributed by atoms with Gasteiger partial charge >= 0.3 is 0 Å². The highest BCUT2D eigenvalue weighted by Crippen LogP contribution is 2.54. The molecule has 3 heterocycles. The summed E-state index contributed by atoms with van der Waals surface area (Å²) >= 11 is 0. The molecular weight excluding hydrogens is 403 g/mol. The summed E-state index contributed by atoms with van der Waals surface area (Å²) in [6.07, 6.45) is 4.75. The van der Waals surface area contributed by atoms with Crippen LogP contribution in [0.5, 0.6) is 0 Å². The quantitative estimate of drug-likeness (QED) is 0.673. The van der Waals surface area contributed by atoms with Crippen molar-refractivity contribution in [3.63, 3.8) is 0 Å². The molecule has 0 amide bonds. The lowest BCUT2D eigenvalue weighted by molar-refractivity contribution is -0.119. The Morgan fingerprint density at radius 2 is 2.03 bits per heavy atom. The van der Waals surface area contributed by atoms with Gasteiger partial charge in [0.1, 0.15) is 5.82 Å². The highest BCUT2D eigenvalue weighted by Gasteiger charge is 2.52. The van der Waals surface area contributed by atoms with Gasteiger partial charge in [-0.3, -0.25) is 9.78 Å². The van der Waals surface area contributed by atoms with Gasteiger partial charge in [-0.15, -0.1) is 0 Å². The van der Waals surface area contributed by atoms with Crippen molar-refractivity contribution in [2.45, 2.75) is 58.5 Å². The number of hydrogen-bond acceptors (Lipinski definition) is 5. The van der Waals surface area contributed by atoms with Crippen LogP contribution in [0.4, 0.5) is 4.39 Å². The van der Waals surface area contributed by atoms with Crippen molar-refractivity contribution in [1.29, 1.82) is 0 Å². The summed E-state index contributed by atoms with van der Waals surface area (Å²) in [5.74, 6) is -0.199. The molecule has 5 nitrogen and oxygen atoms in total. The van der Waals surface area contributed by atoms with Crippen LogP contribution in [-0.4, -0.2) is 16.9 Å². The van der Waals surface area contributed by atoms with E-state index in [-0.39, 0.29) is 23.2 Å². The lowest BCUT2D eigenvalue weighted by atomic mass is 9.58. The molecule has 3 aliphatic rings. The summed E-state index contributed by atoms with van der Waals surface area (Å²) in [6, 6.07) is 9.66. The number of nitrogens with one attached hydrogen (secondary N) is 1. The molecule has 1 aliphatic carbocycles. The Kier molecular flexibility index (Phi) is 4.66. The molecule has 6 heteroatoms. The standard InChI is InChI=1S/C26H27FN4O/c1-5-26(17-8-6-7-16(10-17)18-9-15(2)28-14-20(18)27)19-13-29-31-24(19)30-21-11-25(3,4)12-22(32)23(21)26/h6-10,13-14,24,30H,5,11-12H2,1-4H3. The van der Waals surface area contributed by atoms with Crippen molar-refractivity contribution < 1.29 is 9.18 Å². The number of azo groups is 1. The molecule has 1 N–H and O–H groups in total. The zero-order valence-electron chi connectivity index (χ0n) is 18.9. The predicted octanol–water partition coefficient (Wildman–Crippen LogP) is 5.77. The molecule has 0 bridgehead atoms. The summed E-state index contributed by atoms with van der Waals surface area (Å²) in [6.45, 7) is 8.20. The number of allylic oxidation sites excluding steroid dienone is 2. The summed E-state index contributed by atoms with van der Waals surface area (Å²) in [5.41, 5.74) is 5.01. The van der Waals surface area contributed by atoms with Gasteiger partial charge in [0.05, 0.1) is 17.8 Å². The van der Waals surface area contributed by atoms with E-state index in [1.54, 1.807) is 12.3 Å². The van der Waals surface area contributed by atoms with Crippen LogP contribution in [-0.2, 0) is 10.2 Å². The normalized spacial score (nSPS) is 25.8. The Labute approximate surface area is 187 Å². The first-order valence-electron chi connectivity index (χ1n) is 11.1. The number of rotatable bonds is 3. The molecule has 0 spiro atoms. The number of fused-ring (bicyclic) bond motifs is 1. The van der Waals surface area contributed by atoms with Crippen LogP contribution in [0.1, 0.15) is 51.3 Å². The number of halogens is 1. The van der Waals surface area contributed by atoms with Crippen LogP contribution in [0.2, 0.25) is 0 Å².